The Morgan fingerprint density at radius 2 is 1.90 bits per heavy atom. The third-order valence-electron chi connectivity index (χ3n) is 4.92. The molecule has 2 aromatic carbocycles. The second-order valence-electron chi connectivity index (χ2n) is 7.11. The summed E-state index contributed by atoms with van der Waals surface area (Å²) < 4.78 is 13.1. The minimum Gasteiger partial charge on any atom is -0.350 e. The Morgan fingerprint density at radius 3 is 2.59 bits per heavy atom. The van der Waals surface area contributed by atoms with Gasteiger partial charge in [-0.25, -0.2) is 4.39 Å². The average Bonchev–Trinajstić information content (AvgIpc) is 3.16. The standard InChI is InChI=1S/C22H23FN4O2/c23-18-8-6-17(7-9-18)21(28)26-20(14-16-4-2-1-3-5-16)22(29)25-19-10-12-27(15-19)13-11-24/h1-9,19-20H,10,12-15H2,(H,25,29)(H,26,28)/t19-,20+/m1/s1. The van der Waals surface area contributed by atoms with Crippen molar-refractivity contribution in [2.75, 3.05) is 19.6 Å². The molecule has 0 spiro atoms. The van der Waals surface area contributed by atoms with Crippen LogP contribution in [0.25, 0.3) is 0 Å². The third kappa shape index (κ3) is 5.87. The summed E-state index contributed by atoms with van der Waals surface area (Å²) in [4.78, 5) is 27.5. The van der Waals surface area contributed by atoms with Crippen LogP contribution in [0.15, 0.2) is 54.6 Å². The molecular formula is C22H23FN4O2. The lowest BCUT2D eigenvalue weighted by atomic mass is 10.0. The van der Waals surface area contributed by atoms with Gasteiger partial charge in [0.15, 0.2) is 0 Å². The number of rotatable bonds is 7. The fourth-order valence-electron chi connectivity index (χ4n) is 3.40. The SMILES string of the molecule is N#CCN1CC[C@@H](NC(=O)[C@H](Cc2ccccc2)NC(=O)c2ccc(F)cc2)C1. The number of hydrogen-bond acceptors (Lipinski definition) is 4. The maximum atomic E-state index is 13.1. The summed E-state index contributed by atoms with van der Waals surface area (Å²) in [5.74, 6) is -1.13. The number of benzene rings is 2. The number of nitrogens with one attached hydrogen (secondary N) is 2. The zero-order chi connectivity index (χ0) is 20.6. The third-order valence-corrected chi connectivity index (χ3v) is 4.92. The second-order valence-corrected chi connectivity index (χ2v) is 7.11. The van der Waals surface area contributed by atoms with Gasteiger partial charge in [0.1, 0.15) is 11.9 Å². The first kappa shape index (κ1) is 20.5. The number of amides is 2. The molecule has 0 unspecified atom stereocenters. The molecule has 1 saturated heterocycles. The summed E-state index contributed by atoms with van der Waals surface area (Å²) >= 11 is 0. The van der Waals surface area contributed by atoms with Crippen molar-refractivity contribution in [1.29, 1.82) is 5.26 Å². The Labute approximate surface area is 169 Å². The van der Waals surface area contributed by atoms with Gasteiger partial charge >= 0.3 is 0 Å². The van der Waals surface area contributed by atoms with E-state index in [0.29, 0.717) is 25.1 Å². The van der Waals surface area contributed by atoms with Gasteiger partial charge in [0.2, 0.25) is 5.91 Å². The minimum absolute atomic E-state index is 0.0585. The molecule has 150 valence electrons. The van der Waals surface area contributed by atoms with Gasteiger partial charge in [-0.05, 0) is 36.2 Å². The first-order chi connectivity index (χ1) is 14.0. The van der Waals surface area contributed by atoms with E-state index in [2.05, 4.69) is 16.7 Å². The Bertz CT molecular complexity index is 880. The predicted octanol–water partition coefficient (Wildman–Crippen LogP) is 1.88. The van der Waals surface area contributed by atoms with Crippen molar-refractivity contribution in [2.45, 2.75) is 24.9 Å². The van der Waals surface area contributed by atoms with Gasteiger partial charge in [-0.15, -0.1) is 0 Å². The van der Waals surface area contributed by atoms with E-state index in [9.17, 15) is 14.0 Å². The largest absolute Gasteiger partial charge is 0.350 e. The zero-order valence-corrected chi connectivity index (χ0v) is 16.0. The maximum absolute atomic E-state index is 13.1. The quantitative estimate of drug-likeness (QED) is 0.703. The topological polar surface area (TPSA) is 85.2 Å². The van der Waals surface area contributed by atoms with E-state index in [-0.39, 0.29) is 11.9 Å². The summed E-state index contributed by atoms with van der Waals surface area (Å²) in [6.45, 7) is 1.70. The molecule has 7 heteroatoms. The van der Waals surface area contributed by atoms with Gasteiger partial charge < -0.3 is 10.6 Å². The highest BCUT2D eigenvalue weighted by Gasteiger charge is 2.28. The van der Waals surface area contributed by atoms with Gasteiger partial charge in [0.25, 0.3) is 5.91 Å². The van der Waals surface area contributed by atoms with Gasteiger partial charge in [0, 0.05) is 31.1 Å². The number of halogens is 1. The molecule has 0 aromatic heterocycles. The zero-order valence-electron chi connectivity index (χ0n) is 16.0. The van der Waals surface area contributed by atoms with Crippen LogP contribution in [0.3, 0.4) is 0 Å². The van der Waals surface area contributed by atoms with E-state index in [1.165, 1.54) is 24.3 Å². The summed E-state index contributed by atoms with van der Waals surface area (Å²) in [6, 6.07) is 15.9. The molecule has 2 N–H and O–H groups in total. The van der Waals surface area contributed by atoms with E-state index in [1.807, 2.05) is 35.2 Å². The van der Waals surface area contributed by atoms with Gasteiger partial charge in [-0.2, -0.15) is 5.26 Å². The molecule has 1 fully saturated rings. The first-order valence-electron chi connectivity index (χ1n) is 9.55. The van der Waals surface area contributed by atoms with E-state index < -0.39 is 17.8 Å². The van der Waals surface area contributed by atoms with Crippen LogP contribution in [0.1, 0.15) is 22.3 Å². The van der Waals surface area contributed by atoms with Gasteiger partial charge in [0.05, 0.1) is 12.6 Å². The molecular weight excluding hydrogens is 371 g/mol. The van der Waals surface area contributed by atoms with Crippen LogP contribution in [0.5, 0.6) is 0 Å². The fraction of sp³-hybridized carbons (Fsp3) is 0.318. The molecule has 1 heterocycles. The Kier molecular flexibility index (Phi) is 6.93. The minimum atomic E-state index is -0.764. The lowest BCUT2D eigenvalue weighted by molar-refractivity contribution is -0.123. The van der Waals surface area contributed by atoms with E-state index in [1.54, 1.807) is 0 Å². The molecule has 2 aromatic rings. The molecule has 0 radical (unpaired) electrons. The summed E-state index contributed by atoms with van der Waals surface area (Å²) in [7, 11) is 0. The first-order valence-corrected chi connectivity index (χ1v) is 9.55. The van der Waals surface area contributed by atoms with Crippen LogP contribution >= 0.6 is 0 Å². The Morgan fingerprint density at radius 1 is 1.17 bits per heavy atom. The number of carbonyl (C=O) groups is 2. The Balaban J connectivity index is 1.68. The van der Waals surface area contributed by atoms with Crippen molar-refractivity contribution < 1.29 is 14.0 Å². The smallest absolute Gasteiger partial charge is 0.251 e. The molecule has 1 aliphatic rings. The van der Waals surface area contributed by atoms with Crippen molar-refractivity contribution in [3.63, 3.8) is 0 Å². The molecule has 0 aliphatic carbocycles. The highest BCUT2D eigenvalue weighted by molar-refractivity contribution is 5.97. The predicted molar refractivity (Wildman–Crippen MR) is 106 cm³/mol. The van der Waals surface area contributed by atoms with Gasteiger partial charge in [-0.3, -0.25) is 14.5 Å². The Hall–Kier alpha value is -3.24. The number of hydrogen-bond donors (Lipinski definition) is 2. The molecule has 29 heavy (non-hydrogen) atoms. The van der Waals surface area contributed by atoms with E-state index in [0.717, 1.165) is 18.5 Å². The number of nitrogens with zero attached hydrogens (tertiary/aromatic N) is 2. The highest BCUT2D eigenvalue weighted by atomic mass is 19.1. The molecule has 2 atom stereocenters. The van der Waals surface area contributed by atoms with Crippen LogP contribution in [0.4, 0.5) is 4.39 Å². The molecule has 6 nitrogen and oxygen atoms in total. The summed E-state index contributed by atoms with van der Waals surface area (Å²) in [5.41, 5.74) is 1.21. The molecule has 1 aliphatic heterocycles. The number of nitriles is 1. The van der Waals surface area contributed by atoms with Crippen molar-refractivity contribution in [2.24, 2.45) is 0 Å². The van der Waals surface area contributed by atoms with Crippen molar-refractivity contribution in [3.8, 4) is 6.07 Å². The van der Waals surface area contributed by atoms with Crippen LogP contribution in [-0.4, -0.2) is 48.4 Å². The lowest BCUT2D eigenvalue weighted by Crippen LogP contribution is -2.51. The summed E-state index contributed by atoms with van der Waals surface area (Å²) in [5, 5.41) is 14.6. The lowest BCUT2D eigenvalue weighted by Gasteiger charge is -2.21. The van der Waals surface area contributed by atoms with E-state index >= 15 is 0 Å². The molecule has 3 rings (SSSR count). The number of carbonyl (C=O) groups excluding carboxylic acids is 2. The van der Waals surface area contributed by atoms with Crippen molar-refractivity contribution in [1.82, 2.24) is 15.5 Å². The van der Waals surface area contributed by atoms with Gasteiger partial charge in [-0.1, -0.05) is 30.3 Å². The molecule has 2 amide bonds. The normalized spacial score (nSPS) is 17.3. The maximum Gasteiger partial charge on any atom is 0.251 e. The van der Waals surface area contributed by atoms with Crippen LogP contribution in [-0.2, 0) is 11.2 Å². The monoisotopic (exact) mass is 394 g/mol. The van der Waals surface area contributed by atoms with E-state index in [4.69, 9.17) is 5.26 Å². The van der Waals surface area contributed by atoms with Crippen LogP contribution in [0, 0.1) is 17.1 Å². The molecule has 0 saturated carbocycles. The summed E-state index contributed by atoms with van der Waals surface area (Å²) in [6.07, 6.45) is 1.10. The average molecular weight is 394 g/mol. The number of likely N-dealkylation sites (tertiary alicyclic amines) is 1. The van der Waals surface area contributed by atoms with Crippen molar-refractivity contribution >= 4 is 11.8 Å². The van der Waals surface area contributed by atoms with Crippen LogP contribution < -0.4 is 10.6 Å². The van der Waals surface area contributed by atoms with Crippen LogP contribution in [0.2, 0.25) is 0 Å². The highest BCUT2D eigenvalue weighted by Crippen LogP contribution is 2.11. The fourth-order valence-corrected chi connectivity index (χ4v) is 3.40. The van der Waals surface area contributed by atoms with Crippen molar-refractivity contribution in [3.05, 3.63) is 71.5 Å². The second kappa shape index (κ2) is 9.80. The molecule has 0 bridgehead atoms.